The van der Waals surface area contributed by atoms with Gasteiger partial charge in [-0.15, -0.1) is 12.4 Å². The molecule has 2 fully saturated rings. The lowest BCUT2D eigenvalue weighted by molar-refractivity contribution is -0.138. The van der Waals surface area contributed by atoms with Crippen LogP contribution in [0.3, 0.4) is 0 Å². The number of nitrogens with one attached hydrogen (secondary N) is 2. The summed E-state index contributed by atoms with van der Waals surface area (Å²) in [6.45, 7) is 2.95. The molecule has 232 valence electrons. The van der Waals surface area contributed by atoms with E-state index in [1.807, 2.05) is 41.3 Å². The molecule has 7 nitrogen and oxygen atoms in total. The molecule has 8 heteroatoms. The third-order valence-corrected chi connectivity index (χ3v) is 9.35. The van der Waals surface area contributed by atoms with Crippen LogP contribution >= 0.6 is 12.4 Å². The lowest BCUT2D eigenvalue weighted by Gasteiger charge is -2.36. The molecule has 1 aromatic heterocycles. The molecule has 0 unspecified atom stereocenters. The van der Waals surface area contributed by atoms with Crippen molar-refractivity contribution in [1.82, 2.24) is 25.1 Å². The van der Waals surface area contributed by atoms with Gasteiger partial charge in [-0.2, -0.15) is 0 Å². The number of hydrogen-bond donors (Lipinski definition) is 2. The van der Waals surface area contributed by atoms with E-state index in [9.17, 15) is 9.59 Å². The predicted molar refractivity (Wildman–Crippen MR) is 182 cm³/mol. The van der Waals surface area contributed by atoms with Gasteiger partial charge in [-0.1, -0.05) is 84.9 Å². The molecule has 2 amide bonds. The maximum atomic E-state index is 14.2. The van der Waals surface area contributed by atoms with Crippen LogP contribution in [0.1, 0.15) is 37.3 Å². The fourth-order valence-electron chi connectivity index (χ4n) is 6.95. The summed E-state index contributed by atoms with van der Waals surface area (Å²) in [5.74, 6) is 0.926. The standard InChI is InChI=1S/C37H39N5O2.ClH/c43-36(29-16-20-38-21-17-29)40-33(25-26-14-15-27-8-4-5-11-30(27)24-26)37(44)41-22-18-31(19-23-41)42-34-13-7-6-12-32(34)39-35(42)28-9-2-1-3-10-28;/h1-15,24,29,31,33,38H,16-23,25H2,(H,40,43);1H/t33-;/m1./s1. The Labute approximate surface area is 270 Å². The molecule has 2 aliphatic heterocycles. The molecule has 2 saturated heterocycles. The number of imidazole rings is 1. The van der Waals surface area contributed by atoms with Gasteiger partial charge in [-0.25, -0.2) is 4.98 Å². The molecule has 0 saturated carbocycles. The van der Waals surface area contributed by atoms with E-state index >= 15 is 0 Å². The highest BCUT2D eigenvalue weighted by atomic mass is 35.5. The lowest BCUT2D eigenvalue weighted by atomic mass is 9.95. The first-order valence-corrected chi connectivity index (χ1v) is 15.9. The van der Waals surface area contributed by atoms with Gasteiger partial charge in [0.1, 0.15) is 11.9 Å². The molecule has 0 spiro atoms. The van der Waals surface area contributed by atoms with Crippen molar-refractivity contribution >= 4 is 46.0 Å². The maximum Gasteiger partial charge on any atom is 0.245 e. The zero-order valence-corrected chi connectivity index (χ0v) is 26.2. The number of nitrogens with zero attached hydrogens (tertiary/aromatic N) is 3. The minimum Gasteiger partial charge on any atom is -0.344 e. The number of fused-ring (bicyclic) bond motifs is 2. The summed E-state index contributed by atoms with van der Waals surface area (Å²) in [6.07, 6.45) is 3.74. The fourth-order valence-corrected chi connectivity index (χ4v) is 6.95. The highest BCUT2D eigenvalue weighted by molar-refractivity contribution is 5.89. The van der Waals surface area contributed by atoms with Gasteiger partial charge in [0.25, 0.3) is 0 Å². The lowest BCUT2D eigenvalue weighted by Crippen LogP contribution is -2.53. The van der Waals surface area contributed by atoms with Crippen molar-refractivity contribution in [3.8, 4) is 11.4 Å². The number of benzene rings is 4. The molecule has 0 radical (unpaired) electrons. The van der Waals surface area contributed by atoms with Gasteiger partial charge in [-0.3, -0.25) is 9.59 Å². The Balaban J connectivity index is 0.00000357. The largest absolute Gasteiger partial charge is 0.344 e. The van der Waals surface area contributed by atoms with E-state index in [0.717, 1.165) is 72.1 Å². The van der Waals surface area contributed by atoms with Crippen LogP contribution in [-0.4, -0.2) is 58.5 Å². The molecule has 1 atom stereocenters. The molecule has 7 rings (SSSR count). The van der Waals surface area contributed by atoms with E-state index in [4.69, 9.17) is 4.98 Å². The van der Waals surface area contributed by atoms with Crippen molar-refractivity contribution in [2.24, 2.45) is 5.92 Å². The summed E-state index contributed by atoms with van der Waals surface area (Å²) in [4.78, 5) is 34.5. The zero-order chi connectivity index (χ0) is 29.9. The van der Waals surface area contributed by atoms with Gasteiger partial charge in [0.05, 0.1) is 11.0 Å². The van der Waals surface area contributed by atoms with E-state index < -0.39 is 6.04 Å². The first-order chi connectivity index (χ1) is 21.6. The maximum absolute atomic E-state index is 14.2. The molecular formula is C37H40ClN5O2. The van der Waals surface area contributed by atoms with Gasteiger partial charge in [0.15, 0.2) is 0 Å². The third-order valence-electron chi connectivity index (χ3n) is 9.35. The molecule has 5 aromatic rings. The smallest absolute Gasteiger partial charge is 0.245 e. The number of aromatic nitrogens is 2. The average Bonchev–Trinajstić information content (AvgIpc) is 3.48. The van der Waals surface area contributed by atoms with Crippen LogP contribution in [0.15, 0.2) is 97.1 Å². The van der Waals surface area contributed by atoms with E-state index in [2.05, 4.69) is 75.9 Å². The summed E-state index contributed by atoms with van der Waals surface area (Å²) in [5.41, 5.74) is 4.26. The topological polar surface area (TPSA) is 79.3 Å². The highest BCUT2D eigenvalue weighted by Crippen LogP contribution is 2.33. The Morgan fingerprint density at radius 2 is 1.51 bits per heavy atom. The summed E-state index contributed by atoms with van der Waals surface area (Å²) < 4.78 is 2.37. The molecule has 2 N–H and O–H groups in total. The minimum atomic E-state index is -0.593. The molecule has 45 heavy (non-hydrogen) atoms. The molecule has 2 aliphatic rings. The number of para-hydroxylation sites is 2. The van der Waals surface area contributed by atoms with Crippen molar-refractivity contribution in [3.05, 3.63) is 103 Å². The van der Waals surface area contributed by atoms with E-state index in [0.29, 0.717) is 19.5 Å². The van der Waals surface area contributed by atoms with Crippen molar-refractivity contribution in [2.75, 3.05) is 26.2 Å². The van der Waals surface area contributed by atoms with Crippen LogP contribution in [0, 0.1) is 5.92 Å². The average molecular weight is 622 g/mol. The second kappa shape index (κ2) is 13.8. The molecular weight excluding hydrogens is 582 g/mol. The summed E-state index contributed by atoms with van der Waals surface area (Å²) >= 11 is 0. The number of piperidine rings is 2. The first kappa shape index (κ1) is 30.8. The number of carbonyl (C=O) groups excluding carboxylic acids is 2. The Kier molecular flexibility index (Phi) is 9.47. The molecule has 0 bridgehead atoms. The number of hydrogen-bond acceptors (Lipinski definition) is 4. The molecule has 0 aliphatic carbocycles. The Morgan fingerprint density at radius 1 is 0.822 bits per heavy atom. The highest BCUT2D eigenvalue weighted by Gasteiger charge is 2.33. The van der Waals surface area contributed by atoms with Crippen molar-refractivity contribution < 1.29 is 9.59 Å². The quantitative estimate of drug-likeness (QED) is 0.228. The van der Waals surface area contributed by atoms with E-state index in [1.54, 1.807) is 0 Å². The number of carbonyl (C=O) groups is 2. The Bertz CT molecular complexity index is 1770. The van der Waals surface area contributed by atoms with Gasteiger partial charge >= 0.3 is 0 Å². The molecule has 3 heterocycles. The zero-order valence-electron chi connectivity index (χ0n) is 25.4. The monoisotopic (exact) mass is 621 g/mol. The van der Waals surface area contributed by atoms with Gasteiger partial charge < -0.3 is 20.1 Å². The van der Waals surface area contributed by atoms with Gasteiger partial charge in [-0.05, 0) is 67.2 Å². The summed E-state index contributed by atoms with van der Waals surface area (Å²) in [5, 5.41) is 8.84. The summed E-state index contributed by atoms with van der Waals surface area (Å²) in [6, 6.07) is 32.9. The Hall–Kier alpha value is -4.20. The van der Waals surface area contributed by atoms with Crippen molar-refractivity contribution in [3.63, 3.8) is 0 Å². The normalized spacial score (nSPS) is 16.8. The van der Waals surface area contributed by atoms with Gasteiger partial charge in [0.2, 0.25) is 11.8 Å². The van der Waals surface area contributed by atoms with Crippen LogP contribution in [-0.2, 0) is 16.0 Å². The number of likely N-dealkylation sites (tertiary alicyclic amines) is 1. The van der Waals surface area contributed by atoms with Gasteiger partial charge in [0, 0.05) is 37.0 Å². The number of rotatable bonds is 7. The van der Waals surface area contributed by atoms with Crippen LogP contribution < -0.4 is 10.6 Å². The van der Waals surface area contributed by atoms with Crippen LogP contribution in [0.25, 0.3) is 33.2 Å². The summed E-state index contributed by atoms with van der Waals surface area (Å²) in [7, 11) is 0. The Morgan fingerprint density at radius 3 is 2.29 bits per heavy atom. The third kappa shape index (κ3) is 6.60. The number of amides is 2. The van der Waals surface area contributed by atoms with Crippen LogP contribution in [0.5, 0.6) is 0 Å². The molecule has 4 aromatic carbocycles. The minimum absolute atomic E-state index is 0. The van der Waals surface area contributed by atoms with Crippen LogP contribution in [0.4, 0.5) is 0 Å². The van der Waals surface area contributed by atoms with E-state index in [-0.39, 0.29) is 36.2 Å². The first-order valence-electron chi connectivity index (χ1n) is 15.9. The van der Waals surface area contributed by atoms with E-state index in [1.165, 1.54) is 5.39 Å². The number of halogens is 1. The van der Waals surface area contributed by atoms with Crippen LogP contribution in [0.2, 0.25) is 0 Å². The van der Waals surface area contributed by atoms with Crippen molar-refractivity contribution in [1.29, 1.82) is 0 Å². The predicted octanol–water partition coefficient (Wildman–Crippen LogP) is 6.17. The second-order valence-electron chi connectivity index (χ2n) is 12.2. The fraction of sp³-hybridized carbons (Fsp3) is 0.324. The second-order valence-corrected chi connectivity index (χ2v) is 12.2. The van der Waals surface area contributed by atoms with Crippen molar-refractivity contribution in [2.45, 2.75) is 44.2 Å². The SMILES string of the molecule is Cl.O=C(N[C@H](Cc1ccc2ccccc2c1)C(=O)N1CCC(n2c(-c3ccccc3)nc3ccccc32)CC1)C1CCNCC1.